The standard InChI is InChI=1S/C14H16BrN3S/c1-9-7-17-14(18-8-9)19-13-4-3-11(5-10(2)16)6-12(13)15/h3-4,6-8,10H,5,16H2,1-2H3. The van der Waals surface area contributed by atoms with E-state index in [2.05, 4.69) is 44.1 Å². The molecule has 0 bridgehead atoms. The van der Waals surface area contributed by atoms with Crippen LogP contribution in [0.25, 0.3) is 0 Å². The third-order valence-electron chi connectivity index (χ3n) is 2.51. The van der Waals surface area contributed by atoms with Crippen LogP contribution in [0.1, 0.15) is 18.1 Å². The van der Waals surface area contributed by atoms with Gasteiger partial charge in [-0.2, -0.15) is 0 Å². The summed E-state index contributed by atoms with van der Waals surface area (Å²) < 4.78 is 1.06. The first kappa shape index (κ1) is 14.5. The van der Waals surface area contributed by atoms with Crippen LogP contribution < -0.4 is 5.73 Å². The number of benzene rings is 1. The molecular weight excluding hydrogens is 322 g/mol. The van der Waals surface area contributed by atoms with E-state index < -0.39 is 0 Å². The van der Waals surface area contributed by atoms with Crippen molar-refractivity contribution >= 4 is 27.7 Å². The molecule has 2 rings (SSSR count). The molecule has 0 aliphatic heterocycles. The Morgan fingerprint density at radius 3 is 2.58 bits per heavy atom. The molecule has 3 nitrogen and oxygen atoms in total. The predicted molar refractivity (Wildman–Crippen MR) is 82.4 cm³/mol. The number of aryl methyl sites for hydroxylation is 1. The van der Waals surface area contributed by atoms with Gasteiger partial charge in [0.15, 0.2) is 5.16 Å². The summed E-state index contributed by atoms with van der Waals surface area (Å²) in [5.41, 5.74) is 8.11. The van der Waals surface area contributed by atoms with E-state index in [0.717, 1.165) is 26.5 Å². The first-order chi connectivity index (χ1) is 9.04. The molecular formula is C14H16BrN3S. The van der Waals surface area contributed by atoms with Gasteiger partial charge in [0.05, 0.1) is 0 Å². The van der Waals surface area contributed by atoms with E-state index >= 15 is 0 Å². The normalized spacial score (nSPS) is 12.4. The lowest BCUT2D eigenvalue weighted by atomic mass is 10.1. The minimum atomic E-state index is 0.172. The number of hydrogen-bond acceptors (Lipinski definition) is 4. The van der Waals surface area contributed by atoms with E-state index in [1.807, 2.05) is 26.2 Å². The monoisotopic (exact) mass is 337 g/mol. The number of rotatable bonds is 4. The molecule has 0 radical (unpaired) electrons. The topological polar surface area (TPSA) is 51.8 Å². The summed E-state index contributed by atoms with van der Waals surface area (Å²) >= 11 is 5.14. The average Bonchev–Trinajstić information content (AvgIpc) is 2.34. The van der Waals surface area contributed by atoms with Crippen LogP contribution >= 0.6 is 27.7 Å². The lowest BCUT2D eigenvalue weighted by Gasteiger charge is -2.08. The Bertz CT molecular complexity index is 555. The SMILES string of the molecule is Cc1cnc(Sc2ccc(CC(C)N)cc2Br)nc1. The smallest absolute Gasteiger partial charge is 0.192 e. The zero-order valence-corrected chi connectivity index (χ0v) is 13.3. The van der Waals surface area contributed by atoms with E-state index in [4.69, 9.17) is 5.73 Å². The van der Waals surface area contributed by atoms with Crippen LogP contribution in [0.3, 0.4) is 0 Å². The highest BCUT2D eigenvalue weighted by atomic mass is 79.9. The number of halogens is 1. The molecule has 100 valence electrons. The van der Waals surface area contributed by atoms with E-state index in [0.29, 0.717) is 0 Å². The second-order valence-corrected chi connectivity index (χ2v) is 6.45. The molecule has 0 aliphatic carbocycles. The Kier molecular flexibility index (Phi) is 4.96. The van der Waals surface area contributed by atoms with Crippen molar-refractivity contribution in [2.24, 2.45) is 5.73 Å². The van der Waals surface area contributed by atoms with Crippen LogP contribution in [0.5, 0.6) is 0 Å². The predicted octanol–water partition coefficient (Wildman–Crippen LogP) is 3.59. The zero-order valence-electron chi connectivity index (χ0n) is 10.9. The fourth-order valence-electron chi connectivity index (χ4n) is 1.66. The third-order valence-corrected chi connectivity index (χ3v) is 4.40. The molecule has 2 aromatic rings. The van der Waals surface area contributed by atoms with Gasteiger partial charge in [-0.05, 0) is 71.2 Å². The third kappa shape index (κ3) is 4.30. The molecule has 0 saturated heterocycles. The second kappa shape index (κ2) is 6.50. The molecule has 0 spiro atoms. The van der Waals surface area contributed by atoms with Gasteiger partial charge < -0.3 is 5.73 Å². The molecule has 19 heavy (non-hydrogen) atoms. The number of nitrogens with zero attached hydrogens (tertiary/aromatic N) is 2. The molecule has 5 heteroatoms. The van der Waals surface area contributed by atoms with Crippen LogP contribution in [0.2, 0.25) is 0 Å². The summed E-state index contributed by atoms with van der Waals surface area (Å²) in [6, 6.07) is 6.46. The Morgan fingerprint density at radius 2 is 2.00 bits per heavy atom. The lowest BCUT2D eigenvalue weighted by molar-refractivity contribution is 0.737. The van der Waals surface area contributed by atoms with Crippen molar-refractivity contribution in [3.63, 3.8) is 0 Å². The van der Waals surface area contributed by atoms with Crippen LogP contribution in [0, 0.1) is 6.92 Å². The molecule has 0 saturated carbocycles. The Balaban J connectivity index is 2.15. The summed E-state index contributed by atoms with van der Waals surface area (Å²) in [6.07, 6.45) is 4.53. The lowest BCUT2D eigenvalue weighted by Crippen LogP contribution is -2.17. The molecule has 0 aliphatic rings. The van der Waals surface area contributed by atoms with Crippen molar-refractivity contribution in [1.82, 2.24) is 9.97 Å². The van der Waals surface area contributed by atoms with Crippen LogP contribution in [-0.4, -0.2) is 16.0 Å². The van der Waals surface area contributed by atoms with Crippen molar-refractivity contribution in [2.75, 3.05) is 0 Å². The van der Waals surface area contributed by atoms with Crippen molar-refractivity contribution in [3.8, 4) is 0 Å². The second-order valence-electron chi connectivity index (χ2n) is 4.59. The molecule has 0 amide bonds. The van der Waals surface area contributed by atoms with Gasteiger partial charge in [0.2, 0.25) is 0 Å². The number of aromatic nitrogens is 2. The summed E-state index contributed by atoms with van der Waals surface area (Å²) in [7, 11) is 0. The Morgan fingerprint density at radius 1 is 1.32 bits per heavy atom. The van der Waals surface area contributed by atoms with Gasteiger partial charge in [0, 0.05) is 27.8 Å². The fraction of sp³-hybridized carbons (Fsp3) is 0.286. The Hall–Kier alpha value is -0.910. The van der Waals surface area contributed by atoms with Crippen molar-refractivity contribution in [2.45, 2.75) is 36.4 Å². The van der Waals surface area contributed by atoms with Gasteiger partial charge in [-0.25, -0.2) is 9.97 Å². The largest absolute Gasteiger partial charge is 0.328 e. The van der Waals surface area contributed by atoms with Crippen LogP contribution in [0.15, 0.2) is 45.1 Å². The number of nitrogens with two attached hydrogens (primary N) is 1. The maximum Gasteiger partial charge on any atom is 0.192 e. The van der Waals surface area contributed by atoms with Crippen molar-refractivity contribution in [1.29, 1.82) is 0 Å². The summed E-state index contributed by atoms with van der Waals surface area (Å²) in [4.78, 5) is 9.70. The van der Waals surface area contributed by atoms with Crippen LogP contribution in [0.4, 0.5) is 0 Å². The van der Waals surface area contributed by atoms with E-state index in [-0.39, 0.29) is 6.04 Å². The summed E-state index contributed by atoms with van der Waals surface area (Å²) in [6.45, 7) is 3.99. The first-order valence-corrected chi connectivity index (χ1v) is 7.66. The molecule has 1 heterocycles. The highest BCUT2D eigenvalue weighted by Crippen LogP contribution is 2.32. The summed E-state index contributed by atoms with van der Waals surface area (Å²) in [5, 5.41) is 0.756. The molecule has 1 unspecified atom stereocenters. The highest BCUT2D eigenvalue weighted by Gasteiger charge is 2.06. The van der Waals surface area contributed by atoms with Gasteiger partial charge in [-0.15, -0.1) is 0 Å². The number of hydrogen-bond donors (Lipinski definition) is 1. The molecule has 1 atom stereocenters. The quantitative estimate of drug-likeness (QED) is 0.866. The Labute approximate surface area is 126 Å². The van der Waals surface area contributed by atoms with Gasteiger partial charge in [-0.1, -0.05) is 6.07 Å². The van der Waals surface area contributed by atoms with Crippen molar-refractivity contribution < 1.29 is 0 Å². The zero-order chi connectivity index (χ0) is 13.8. The maximum absolute atomic E-state index is 5.81. The van der Waals surface area contributed by atoms with Gasteiger partial charge in [0.25, 0.3) is 0 Å². The molecule has 2 N–H and O–H groups in total. The highest BCUT2D eigenvalue weighted by molar-refractivity contribution is 9.10. The first-order valence-electron chi connectivity index (χ1n) is 6.05. The molecule has 0 fully saturated rings. The minimum absolute atomic E-state index is 0.172. The van der Waals surface area contributed by atoms with Crippen molar-refractivity contribution in [3.05, 3.63) is 46.2 Å². The van der Waals surface area contributed by atoms with Crippen LogP contribution in [-0.2, 0) is 6.42 Å². The maximum atomic E-state index is 5.81. The van der Waals surface area contributed by atoms with E-state index in [9.17, 15) is 0 Å². The molecule has 1 aromatic heterocycles. The van der Waals surface area contributed by atoms with E-state index in [1.54, 1.807) is 11.8 Å². The van der Waals surface area contributed by atoms with Gasteiger partial charge in [0.1, 0.15) is 0 Å². The van der Waals surface area contributed by atoms with E-state index in [1.165, 1.54) is 5.56 Å². The molecule has 1 aromatic carbocycles. The van der Waals surface area contributed by atoms with Gasteiger partial charge >= 0.3 is 0 Å². The average molecular weight is 338 g/mol. The van der Waals surface area contributed by atoms with Gasteiger partial charge in [-0.3, -0.25) is 0 Å². The summed E-state index contributed by atoms with van der Waals surface area (Å²) in [5.74, 6) is 0. The fourth-order valence-corrected chi connectivity index (χ4v) is 3.03. The minimum Gasteiger partial charge on any atom is -0.328 e.